The predicted molar refractivity (Wildman–Crippen MR) is 195 cm³/mol. The molecular formula is C39H33Br2P. The lowest BCUT2D eigenvalue weighted by Gasteiger charge is -2.30. The van der Waals surface area contributed by atoms with Gasteiger partial charge in [-0.25, -0.2) is 0 Å². The van der Waals surface area contributed by atoms with Gasteiger partial charge in [0.2, 0.25) is 0 Å². The molecule has 0 saturated carbocycles. The van der Waals surface area contributed by atoms with Gasteiger partial charge < -0.3 is 0 Å². The Hall–Kier alpha value is -3.29. The van der Waals surface area contributed by atoms with E-state index in [1.807, 2.05) is 0 Å². The van der Waals surface area contributed by atoms with E-state index < -0.39 is 0 Å². The zero-order chi connectivity index (χ0) is 27.1. The molecule has 3 heteroatoms. The van der Waals surface area contributed by atoms with Gasteiger partial charge in [-0.1, -0.05) is 142 Å². The van der Waals surface area contributed by atoms with Crippen molar-refractivity contribution in [1.29, 1.82) is 0 Å². The van der Waals surface area contributed by atoms with Gasteiger partial charge in [0, 0.05) is 0 Å². The van der Waals surface area contributed by atoms with E-state index in [-0.39, 0.29) is 34.0 Å². The third kappa shape index (κ3) is 5.45. The second-order valence-electron chi connectivity index (χ2n) is 10.7. The van der Waals surface area contributed by atoms with Crippen LogP contribution >= 0.6 is 42.5 Å². The summed E-state index contributed by atoms with van der Waals surface area (Å²) in [6.45, 7) is 4.61. The van der Waals surface area contributed by atoms with Crippen molar-refractivity contribution in [3.8, 4) is 44.5 Å². The summed E-state index contributed by atoms with van der Waals surface area (Å²) in [5.41, 5.74) is 16.3. The van der Waals surface area contributed by atoms with Gasteiger partial charge in [-0.2, -0.15) is 0 Å². The van der Waals surface area contributed by atoms with Crippen LogP contribution < -0.4 is 10.6 Å². The van der Waals surface area contributed by atoms with Gasteiger partial charge in [0.25, 0.3) is 0 Å². The Bertz CT molecular complexity index is 1700. The maximum absolute atomic E-state index is 2.45. The molecule has 0 unspecified atom stereocenters. The molecule has 0 nitrogen and oxygen atoms in total. The van der Waals surface area contributed by atoms with E-state index in [9.17, 15) is 0 Å². The molecule has 1 heterocycles. The number of fused-ring (bicyclic) bond motifs is 4. The second-order valence-corrected chi connectivity index (χ2v) is 12.0. The maximum atomic E-state index is 2.45. The third-order valence-electron chi connectivity index (χ3n) is 8.21. The Morgan fingerprint density at radius 2 is 0.738 bits per heavy atom. The minimum absolute atomic E-state index is 0. The molecule has 1 aliphatic heterocycles. The van der Waals surface area contributed by atoms with Crippen LogP contribution in [-0.4, -0.2) is 0 Å². The molecule has 0 N–H and O–H groups in total. The van der Waals surface area contributed by atoms with Crippen LogP contribution in [0.25, 0.3) is 44.5 Å². The van der Waals surface area contributed by atoms with Crippen molar-refractivity contribution in [1.82, 2.24) is 0 Å². The van der Waals surface area contributed by atoms with Gasteiger partial charge in [0.15, 0.2) is 0 Å². The smallest absolute Gasteiger partial charge is 0.000771 e. The molecule has 7 rings (SSSR count). The predicted octanol–water partition coefficient (Wildman–Crippen LogP) is 10.7. The van der Waals surface area contributed by atoms with Gasteiger partial charge >= 0.3 is 0 Å². The van der Waals surface area contributed by atoms with Crippen LogP contribution in [-0.2, 0) is 6.42 Å². The Labute approximate surface area is 272 Å². The summed E-state index contributed by atoms with van der Waals surface area (Å²) in [6.07, 6.45) is 0.917. The lowest BCUT2D eigenvalue weighted by molar-refractivity contribution is 1.14. The quantitative estimate of drug-likeness (QED) is 0.161. The summed E-state index contributed by atoms with van der Waals surface area (Å²) < 4.78 is 0. The number of benzene rings is 6. The van der Waals surface area contributed by atoms with Gasteiger partial charge in [0.05, 0.1) is 0 Å². The summed E-state index contributed by atoms with van der Waals surface area (Å²) >= 11 is 0. The van der Waals surface area contributed by atoms with Crippen molar-refractivity contribution in [2.75, 3.05) is 0 Å². The summed E-state index contributed by atoms with van der Waals surface area (Å²) in [5, 5.41) is 2.89. The Morgan fingerprint density at radius 3 is 1.07 bits per heavy atom. The van der Waals surface area contributed by atoms with Crippen LogP contribution in [0.5, 0.6) is 0 Å². The Kier molecular flexibility index (Phi) is 9.28. The zero-order valence-corrected chi connectivity index (χ0v) is 28.2. The minimum atomic E-state index is 0. The highest BCUT2D eigenvalue weighted by Crippen LogP contribution is 2.44. The largest absolute Gasteiger partial charge is 0.114 e. The first kappa shape index (κ1) is 30.2. The Balaban J connectivity index is 0.00000176. The molecular weight excluding hydrogens is 659 g/mol. The molecule has 0 amide bonds. The molecule has 0 saturated heterocycles. The van der Waals surface area contributed by atoms with Crippen molar-refractivity contribution >= 4 is 53.2 Å². The van der Waals surface area contributed by atoms with E-state index in [0.29, 0.717) is 8.58 Å². The highest BCUT2D eigenvalue weighted by atomic mass is 79.9. The molecule has 0 radical (unpaired) electrons. The first-order valence-corrected chi connectivity index (χ1v) is 15.0. The van der Waals surface area contributed by atoms with Crippen molar-refractivity contribution in [2.24, 2.45) is 0 Å². The lowest BCUT2D eigenvalue weighted by atomic mass is 9.83. The summed E-state index contributed by atoms with van der Waals surface area (Å²) in [7, 11) is 0.504. The highest BCUT2D eigenvalue weighted by molar-refractivity contribution is 8.93. The van der Waals surface area contributed by atoms with Crippen LogP contribution in [0.2, 0.25) is 0 Å². The van der Waals surface area contributed by atoms with E-state index in [1.54, 1.807) is 0 Å². The molecule has 0 aliphatic carbocycles. The number of hydrogen-bond acceptors (Lipinski definition) is 0. The number of rotatable bonds is 4. The molecule has 0 atom stereocenters. The molecule has 4 bridgehead atoms. The SMILES string of the molecule is Br.Br.Cc1cc(-c2ccccc2)c2c(-c3ccccc3)c1Cc1c(C)cc(-c3ccccc3)c(c1-c1ccccc1)P2. The average Bonchev–Trinajstić information content (AvgIpc) is 3.01. The van der Waals surface area contributed by atoms with Crippen molar-refractivity contribution < 1.29 is 0 Å². The van der Waals surface area contributed by atoms with Crippen LogP contribution in [0.4, 0.5) is 0 Å². The first-order valence-electron chi connectivity index (χ1n) is 14.0. The molecule has 0 spiro atoms. The summed E-state index contributed by atoms with van der Waals surface area (Å²) in [4.78, 5) is 0. The fourth-order valence-corrected chi connectivity index (χ4v) is 8.06. The fourth-order valence-electron chi connectivity index (χ4n) is 6.27. The van der Waals surface area contributed by atoms with Crippen LogP contribution in [0, 0.1) is 13.8 Å². The number of hydrogen-bond donors (Lipinski definition) is 0. The van der Waals surface area contributed by atoms with Crippen LogP contribution in [0.3, 0.4) is 0 Å². The first-order chi connectivity index (χ1) is 19.7. The highest BCUT2D eigenvalue weighted by Gasteiger charge is 2.28. The minimum Gasteiger partial charge on any atom is -0.114 e. The van der Waals surface area contributed by atoms with Crippen molar-refractivity contribution in [3.63, 3.8) is 0 Å². The van der Waals surface area contributed by atoms with Crippen LogP contribution in [0.15, 0.2) is 133 Å². The molecule has 1 aliphatic rings. The number of halogens is 2. The standard InChI is InChI=1S/C39H31P.2BrH/c1-26-23-34(28-15-7-3-8-16-28)38-36(30-19-11-5-12-20-30)32(26)25-33-27(2)24-35(29-17-9-4-10-18-29)39(40-38)37(33)31-21-13-6-14-22-31;;/h3-24,40H,25H2,1-2H3;2*1H. The molecule has 6 aromatic carbocycles. The molecule has 42 heavy (non-hydrogen) atoms. The molecule has 0 aromatic heterocycles. The van der Waals surface area contributed by atoms with E-state index >= 15 is 0 Å². The van der Waals surface area contributed by atoms with E-state index in [4.69, 9.17) is 0 Å². The van der Waals surface area contributed by atoms with E-state index in [0.717, 1.165) is 6.42 Å². The summed E-state index contributed by atoms with van der Waals surface area (Å²) in [6, 6.07) is 48.9. The molecule has 208 valence electrons. The van der Waals surface area contributed by atoms with Crippen molar-refractivity contribution in [2.45, 2.75) is 20.3 Å². The van der Waals surface area contributed by atoms with Gasteiger partial charge in [0.1, 0.15) is 0 Å². The molecule has 0 fully saturated rings. The molecule has 6 aromatic rings. The summed E-state index contributed by atoms with van der Waals surface area (Å²) in [5.74, 6) is 0. The van der Waals surface area contributed by atoms with Gasteiger partial charge in [-0.3, -0.25) is 0 Å². The van der Waals surface area contributed by atoms with E-state index in [1.165, 1.54) is 77.4 Å². The second kappa shape index (κ2) is 12.9. The van der Waals surface area contributed by atoms with Gasteiger partial charge in [-0.05, 0) is 97.6 Å². The maximum Gasteiger partial charge on any atom is -0.000771 e. The third-order valence-corrected chi connectivity index (χ3v) is 9.75. The van der Waals surface area contributed by atoms with Crippen LogP contribution in [0.1, 0.15) is 22.3 Å². The average molecular weight is 692 g/mol. The topological polar surface area (TPSA) is 0 Å². The van der Waals surface area contributed by atoms with Crippen molar-refractivity contribution in [3.05, 3.63) is 156 Å². The normalized spacial score (nSPS) is 11.5. The monoisotopic (exact) mass is 690 g/mol. The zero-order valence-electron chi connectivity index (χ0n) is 23.7. The fraction of sp³-hybridized carbons (Fsp3) is 0.0769. The number of aryl methyl sites for hydroxylation is 2. The van der Waals surface area contributed by atoms with E-state index in [2.05, 4.69) is 147 Å². The van der Waals surface area contributed by atoms with Gasteiger partial charge in [-0.15, -0.1) is 34.0 Å². The Morgan fingerprint density at radius 1 is 0.429 bits per heavy atom. The lowest BCUT2D eigenvalue weighted by Crippen LogP contribution is -2.21.